The van der Waals surface area contributed by atoms with Gasteiger partial charge in [-0.1, -0.05) is 11.6 Å². The van der Waals surface area contributed by atoms with Crippen LogP contribution in [0.1, 0.15) is 10.6 Å². The highest BCUT2D eigenvalue weighted by Crippen LogP contribution is 2.28. The summed E-state index contributed by atoms with van der Waals surface area (Å²) in [6.45, 7) is -0.811. The molecule has 1 aromatic heterocycles. The summed E-state index contributed by atoms with van der Waals surface area (Å²) in [5.74, 6) is -1.59. The molecule has 27 heavy (non-hydrogen) atoms. The van der Waals surface area contributed by atoms with Gasteiger partial charge in [0.2, 0.25) is 5.82 Å². The highest BCUT2D eigenvalue weighted by atomic mass is 35.5. The van der Waals surface area contributed by atoms with E-state index in [4.69, 9.17) is 22.1 Å². The van der Waals surface area contributed by atoms with E-state index in [9.17, 15) is 18.0 Å². The van der Waals surface area contributed by atoms with Crippen LogP contribution in [0.3, 0.4) is 0 Å². The Morgan fingerprint density at radius 1 is 1.33 bits per heavy atom. The Labute approximate surface area is 156 Å². The number of nitrogens with two attached hydrogens (primary N) is 1. The van der Waals surface area contributed by atoms with Crippen molar-refractivity contribution < 1.29 is 22.7 Å². The SMILES string of the molecule is NC(=O)c1nc(Nc2ccc(F)c(Cl)c2)c2c[c]c(OCC(F)F)cc2n1. The lowest BCUT2D eigenvalue weighted by Crippen LogP contribution is -2.16. The number of halogens is 4. The number of benzene rings is 2. The molecule has 0 aliphatic carbocycles. The van der Waals surface area contributed by atoms with Gasteiger partial charge in [-0.05, 0) is 24.3 Å². The van der Waals surface area contributed by atoms with Crippen LogP contribution in [0.4, 0.5) is 24.7 Å². The van der Waals surface area contributed by atoms with Crippen molar-refractivity contribution in [2.45, 2.75) is 6.43 Å². The Bertz CT molecular complexity index is 1020. The Balaban J connectivity index is 2.04. The van der Waals surface area contributed by atoms with Gasteiger partial charge in [0.1, 0.15) is 24.0 Å². The van der Waals surface area contributed by atoms with Crippen molar-refractivity contribution in [3.63, 3.8) is 0 Å². The van der Waals surface area contributed by atoms with Crippen LogP contribution < -0.4 is 15.8 Å². The Morgan fingerprint density at radius 2 is 2.11 bits per heavy atom. The van der Waals surface area contributed by atoms with Gasteiger partial charge in [-0.3, -0.25) is 4.79 Å². The molecule has 1 amide bonds. The first-order valence-electron chi connectivity index (χ1n) is 7.50. The van der Waals surface area contributed by atoms with E-state index in [0.29, 0.717) is 11.1 Å². The topological polar surface area (TPSA) is 90.1 Å². The highest BCUT2D eigenvalue weighted by Gasteiger charge is 2.14. The van der Waals surface area contributed by atoms with E-state index in [2.05, 4.69) is 21.4 Å². The van der Waals surface area contributed by atoms with Crippen LogP contribution in [-0.2, 0) is 0 Å². The minimum absolute atomic E-state index is 0.0210. The van der Waals surface area contributed by atoms with Gasteiger partial charge in [0, 0.05) is 23.2 Å². The summed E-state index contributed by atoms with van der Waals surface area (Å²) < 4.78 is 42.8. The lowest BCUT2D eigenvalue weighted by Gasteiger charge is -2.12. The Hall–Kier alpha value is -3.07. The van der Waals surface area contributed by atoms with E-state index in [1.54, 1.807) is 0 Å². The van der Waals surface area contributed by atoms with Crippen LogP contribution in [-0.4, -0.2) is 28.9 Å². The molecule has 6 nitrogen and oxygen atoms in total. The van der Waals surface area contributed by atoms with Gasteiger partial charge in [0.05, 0.1) is 10.5 Å². The number of hydrogen-bond donors (Lipinski definition) is 2. The zero-order chi connectivity index (χ0) is 19.6. The van der Waals surface area contributed by atoms with Crippen LogP contribution in [0.25, 0.3) is 10.9 Å². The lowest BCUT2D eigenvalue weighted by atomic mass is 10.2. The maximum absolute atomic E-state index is 13.3. The predicted molar refractivity (Wildman–Crippen MR) is 93.1 cm³/mol. The van der Waals surface area contributed by atoms with E-state index in [-0.39, 0.29) is 27.9 Å². The smallest absolute Gasteiger partial charge is 0.286 e. The van der Waals surface area contributed by atoms with Crippen LogP contribution in [0, 0.1) is 11.9 Å². The number of hydrogen-bond acceptors (Lipinski definition) is 5. The van der Waals surface area contributed by atoms with Crippen LogP contribution in [0.2, 0.25) is 5.02 Å². The first kappa shape index (κ1) is 18.7. The third-order valence-corrected chi connectivity index (χ3v) is 3.66. The first-order valence-corrected chi connectivity index (χ1v) is 7.87. The second kappa shape index (κ2) is 7.67. The number of nitrogens with zero attached hydrogens (tertiary/aromatic N) is 2. The van der Waals surface area contributed by atoms with Crippen molar-refractivity contribution in [2.75, 3.05) is 11.9 Å². The predicted octanol–water partition coefficient (Wildman–Crippen LogP) is 3.71. The van der Waals surface area contributed by atoms with Gasteiger partial charge in [-0.15, -0.1) is 0 Å². The molecule has 3 N–H and O–H groups in total. The third-order valence-electron chi connectivity index (χ3n) is 3.37. The maximum Gasteiger partial charge on any atom is 0.286 e. The molecule has 139 valence electrons. The van der Waals surface area contributed by atoms with Gasteiger partial charge in [0.15, 0.2) is 0 Å². The van der Waals surface area contributed by atoms with Crippen molar-refractivity contribution in [1.29, 1.82) is 0 Å². The second-order valence-electron chi connectivity index (χ2n) is 5.31. The Morgan fingerprint density at radius 3 is 2.78 bits per heavy atom. The van der Waals surface area contributed by atoms with Gasteiger partial charge in [-0.25, -0.2) is 23.1 Å². The minimum atomic E-state index is -2.65. The molecule has 0 fully saturated rings. The normalized spacial score (nSPS) is 11.0. The van der Waals surface area contributed by atoms with E-state index in [1.165, 1.54) is 24.3 Å². The number of fused-ring (bicyclic) bond motifs is 1. The summed E-state index contributed by atoms with van der Waals surface area (Å²) in [5, 5.41) is 3.19. The highest BCUT2D eigenvalue weighted by molar-refractivity contribution is 6.31. The maximum atomic E-state index is 13.3. The van der Waals surface area contributed by atoms with Crippen LogP contribution in [0.5, 0.6) is 5.75 Å². The lowest BCUT2D eigenvalue weighted by molar-refractivity contribution is 0.0818. The fraction of sp³-hybridized carbons (Fsp3) is 0.118. The van der Waals surface area contributed by atoms with Gasteiger partial charge in [0.25, 0.3) is 12.3 Å². The van der Waals surface area contributed by atoms with Crippen molar-refractivity contribution in [3.05, 3.63) is 53.1 Å². The molecular formula is C17H11ClF3N4O2. The summed E-state index contributed by atoms with van der Waals surface area (Å²) in [7, 11) is 0. The number of primary amides is 1. The molecule has 3 aromatic rings. The minimum Gasteiger partial charge on any atom is -0.487 e. The third kappa shape index (κ3) is 4.37. The number of amides is 1. The van der Waals surface area contributed by atoms with E-state index in [0.717, 1.165) is 6.07 Å². The number of carbonyl (C=O) groups excluding carboxylic acids is 1. The molecule has 10 heteroatoms. The number of nitrogens with one attached hydrogen (secondary N) is 1. The van der Waals surface area contributed by atoms with E-state index >= 15 is 0 Å². The second-order valence-corrected chi connectivity index (χ2v) is 5.72. The summed E-state index contributed by atoms with van der Waals surface area (Å²) in [6, 6.07) is 9.33. The molecule has 0 atom stereocenters. The summed E-state index contributed by atoms with van der Waals surface area (Å²) in [4.78, 5) is 19.5. The zero-order valence-electron chi connectivity index (χ0n) is 13.5. The van der Waals surface area contributed by atoms with E-state index in [1.807, 2.05) is 0 Å². The largest absolute Gasteiger partial charge is 0.487 e. The van der Waals surface area contributed by atoms with Crippen molar-refractivity contribution >= 4 is 39.9 Å². The molecule has 0 bridgehead atoms. The van der Waals surface area contributed by atoms with Crippen LogP contribution in [0.15, 0.2) is 30.3 Å². The average Bonchev–Trinajstić information content (AvgIpc) is 2.62. The van der Waals surface area contributed by atoms with E-state index < -0.39 is 24.8 Å². The van der Waals surface area contributed by atoms with Gasteiger partial charge >= 0.3 is 0 Å². The number of rotatable bonds is 6. The molecular weight excluding hydrogens is 385 g/mol. The van der Waals surface area contributed by atoms with Gasteiger partial charge < -0.3 is 15.8 Å². The summed E-state index contributed by atoms with van der Waals surface area (Å²) in [6.07, 6.45) is -2.65. The molecule has 1 radical (unpaired) electrons. The zero-order valence-corrected chi connectivity index (χ0v) is 14.2. The average molecular weight is 396 g/mol. The molecule has 0 saturated heterocycles. The van der Waals surface area contributed by atoms with Crippen LogP contribution >= 0.6 is 11.6 Å². The fourth-order valence-corrected chi connectivity index (χ4v) is 2.38. The van der Waals surface area contributed by atoms with Gasteiger partial charge in [-0.2, -0.15) is 0 Å². The van der Waals surface area contributed by atoms with Crippen molar-refractivity contribution in [1.82, 2.24) is 9.97 Å². The molecule has 0 unspecified atom stereocenters. The molecule has 2 aromatic carbocycles. The van der Waals surface area contributed by atoms with Crippen molar-refractivity contribution in [2.24, 2.45) is 5.73 Å². The number of aromatic nitrogens is 2. The monoisotopic (exact) mass is 395 g/mol. The summed E-state index contributed by atoms with van der Waals surface area (Å²) >= 11 is 5.76. The molecule has 0 aliphatic rings. The Kier molecular flexibility index (Phi) is 5.31. The summed E-state index contributed by atoms with van der Waals surface area (Å²) in [5.41, 5.74) is 5.86. The fourth-order valence-electron chi connectivity index (χ4n) is 2.20. The number of anilines is 2. The molecule has 0 spiro atoms. The molecule has 0 aliphatic heterocycles. The number of alkyl halides is 2. The van der Waals surface area contributed by atoms with Crippen molar-refractivity contribution in [3.8, 4) is 5.75 Å². The first-order chi connectivity index (χ1) is 12.8. The standard InChI is InChI=1S/C17H11ClF3N4O2/c18-11-5-8(1-4-12(11)19)23-16-10-3-2-9(27-7-14(20)21)6-13(10)24-17(25-16)15(22)26/h1,3-6,14H,7H2,(H2,22,26)(H,23,24,25). The molecule has 0 saturated carbocycles. The molecule has 3 rings (SSSR count). The number of ether oxygens (including phenoxy) is 1. The quantitative estimate of drug-likeness (QED) is 0.664. The molecule has 1 heterocycles. The number of carbonyl (C=O) groups is 1.